The van der Waals surface area contributed by atoms with Crippen molar-refractivity contribution in [3.8, 4) is 11.8 Å². The van der Waals surface area contributed by atoms with Gasteiger partial charge in [0.15, 0.2) is 0 Å². The highest BCUT2D eigenvalue weighted by molar-refractivity contribution is 5.11. The predicted molar refractivity (Wildman–Crippen MR) is 47.6 cm³/mol. The average Bonchev–Trinajstić information content (AvgIpc) is 2.06. The molecule has 68 valence electrons. The summed E-state index contributed by atoms with van der Waals surface area (Å²) in [6.07, 6.45) is 5.41. The quantitative estimate of drug-likeness (QED) is 0.463. The van der Waals surface area contributed by atoms with Crippen LogP contribution in [0.15, 0.2) is 0 Å². The molecule has 1 rings (SSSR count). The monoisotopic (exact) mass is 168 g/mol. The molecule has 0 aromatic heterocycles. The van der Waals surface area contributed by atoms with Gasteiger partial charge < -0.3 is 9.47 Å². The number of hydrogen-bond acceptors (Lipinski definition) is 2. The van der Waals surface area contributed by atoms with Crippen LogP contribution in [0.2, 0.25) is 0 Å². The van der Waals surface area contributed by atoms with Gasteiger partial charge in [0, 0.05) is 27.1 Å². The fourth-order valence-electron chi connectivity index (χ4n) is 1.40. The zero-order chi connectivity index (χ0) is 8.86. The summed E-state index contributed by atoms with van der Waals surface area (Å²) in [5, 5.41) is 0. The minimum absolute atomic E-state index is 0.625. The van der Waals surface area contributed by atoms with E-state index in [1.54, 1.807) is 14.2 Å². The fourth-order valence-corrected chi connectivity index (χ4v) is 1.40. The second kappa shape index (κ2) is 4.49. The minimum atomic E-state index is -0.625. The molecule has 0 spiro atoms. The molecule has 0 amide bonds. The van der Waals surface area contributed by atoms with Gasteiger partial charge in [0.1, 0.15) is 0 Å². The van der Waals surface area contributed by atoms with Gasteiger partial charge >= 0.3 is 0 Å². The van der Waals surface area contributed by atoms with Crippen molar-refractivity contribution < 1.29 is 9.47 Å². The molecule has 0 saturated carbocycles. The average molecular weight is 168 g/mol. The van der Waals surface area contributed by atoms with Crippen LogP contribution < -0.4 is 0 Å². The first-order valence-electron chi connectivity index (χ1n) is 4.43. The molecule has 0 atom stereocenters. The summed E-state index contributed by atoms with van der Waals surface area (Å²) >= 11 is 0. The van der Waals surface area contributed by atoms with Crippen molar-refractivity contribution in [2.45, 2.75) is 37.9 Å². The van der Waals surface area contributed by atoms with E-state index in [9.17, 15) is 0 Å². The van der Waals surface area contributed by atoms with Crippen LogP contribution >= 0.6 is 0 Å². The summed E-state index contributed by atoms with van der Waals surface area (Å²) in [6, 6.07) is 0. The van der Waals surface area contributed by atoms with E-state index in [4.69, 9.17) is 9.47 Å². The molecule has 1 aliphatic carbocycles. The molecule has 0 radical (unpaired) electrons. The van der Waals surface area contributed by atoms with Crippen LogP contribution in [0.1, 0.15) is 32.1 Å². The highest BCUT2D eigenvalue weighted by atomic mass is 16.7. The highest BCUT2D eigenvalue weighted by Gasteiger charge is 2.26. The summed E-state index contributed by atoms with van der Waals surface area (Å²) in [5.41, 5.74) is 0. The van der Waals surface area contributed by atoms with Gasteiger partial charge in [0.25, 0.3) is 0 Å². The lowest BCUT2D eigenvalue weighted by Crippen LogP contribution is -2.32. The first-order chi connectivity index (χ1) is 5.83. The number of methoxy groups -OCH3 is 2. The summed E-state index contributed by atoms with van der Waals surface area (Å²) in [7, 11) is 3.31. The first kappa shape index (κ1) is 9.57. The molecule has 0 N–H and O–H groups in total. The third-order valence-corrected chi connectivity index (χ3v) is 2.25. The van der Waals surface area contributed by atoms with Crippen LogP contribution in [0.5, 0.6) is 0 Å². The van der Waals surface area contributed by atoms with E-state index in [2.05, 4.69) is 11.8 Å². The summed E-state index contributed by atoms with van der Waals surface area (Å²) in [4.78, 5) is 0. The maximum Gasteiger partial charge on any atom is 0.232 e. The SMILES string of the molecule is COC1(OC)C#CCCCCC1. The van der Waals surface area contributed by atoms with Crippen molar-refractivity contribution in [1.29, 1.82) is 0 Å². The number of hydrogen-bond donors (Lipinski definition) is 0. The van der Waals surface area contributed by atoms with Crippen LogP contribution in [0.25, 0.3) is 0 Å². The lowest BCUT2D eigenvalue weighted by molar-refractivity contribution is -0.167. The van der Waals surface area contributed by atoms with Crippen LogP contribution in [0.3, 0.4) is 0 Å². The summed E-state index contributed by atoms with van der Waals surface area (Å²) in [5.74, 6) is 5.50. The van der Waals surface area contributed by atoms with E-state index in [1.807, 2.05) is 0 Å². The zero-order valence-electron chi connectivity index (χ0n) is 7.85. The van der Waals surface area contributed by atoms with Gasteiger partial charge in [-0.3, -0.25) is 0 Å². The van der Waals surface area contributed by atoms with Gasteiger partial charge in [-0.25, -0.2) is 0 Å². The molecular formula is C10H16O2. The van der Waals surface area contributed by atoms with E-state index in [-0.39, 0.29) is 0 Å². The molecule has 0 aliphatic heterocycles. The molecule has 0 saturated heterocycles. The normalized spacial score (nSPS) is 21.8. The van der Waals surface area contributed by atoms with Crippen LogP contribution in [0, 0.1) is 11.8 Å². The Bertz CT molecular complexity index is 184. The lowest BCUT2D eigenvalue weighted by atomic mass is 10.0. The number of ether oxygens (including phenoxy) is 2. The molecule has 0 aromatic rings. The molecule has 0 aromatic carbocycles. The molecule has 1 aliphatic rings. The lowest BCUT2D eigenvalue weighted by Gasteiger charge is -2.25. The molecule has 12 heavy (non-hydrogen) atoms. The van der Waals surface area contributed by atoms with Gasteiger partial charge in [-0.2, -0.15) is 0 Å². The van der Waals surface area contributed by atoms with Crippen LogP contribution in [-0.4, -0.2) is 20.0 Å². The van der Waals surface area contributed by atoms with Gasteiger partial charge in [0.2, 0.25) is 5.79 Å². The van der Waals surface area contributed by atoms with E-state index in [0.29, 0.717) is 0 Å². The molecule has 0 fully saturated rings. The van der Waals surface area contributed by atoms with Crippen molar-refractivity contribution in [2.24, 2.45) is 0 Å². The third kappa shape index (κ3) is 2.23. The Kier molecular flexibility index (Phi) is 3.58. The van der Waals surface area contributed by atoms with E-state index in [0.717, 1.165) is 19.3 Å². The molecule has 2 nitrogen and oxygen atoms in total. The molecule has 0 bridgehead atoms. The Morgan fingerprint density at radius 1 is 1.08 bits per heavy atom. The van der Waals surface area contributed by atoms with E-state index in [1.165, 1.54) is 12.8 Å². The number of rotatable bonds is 2. The Balaban J connectivity index is 2.68. The Hall–Kier alpha value is -0.520. The zero-order valence-corrected chi connectivity index (χ0v) is 7.85. The van der Waals surface area contributed by atoms with E-state index >= 15 is 0 Å². The fraction of sp³-hybridized carbons (Fsp3) is 0.800. The Morgan fingerprint density at radius 2 is 1.83 bits per heavy atom. The van der Waals surface area contributed by atoms with Crippen LogP contribution in [0.4, 0.5) is 0 Å². The van der Waals surface area contributed by atoms with E-state index < -0.39 is 5.79 Å². The largest absolute Gasteiger partial charge is 0.343 e. The standard InChI is InChI=1S/C10H16O2/c1-11-10(12-2)8-6-4-3-5-7-9-10/h3-6,8H2,1-2H3. The smallest absolute Gasteiger partial charge is 0.232 e. The summed E-state index contributed by atoms with van der Waals surface area (Å²) in [6.45, 7) is 0. The topological polar surface area (TPSA) is 18.5 Å². The maximum atomic E-state index is 5.27. The van der Waals surface area contributed by atoms with Crippen molar-refractivity contribution in [1.82, 2.24) is 0 Å². The second-order valence-electron chi connectivity index (χ2n) is 3.02. The Labute approximate surface area is 74.2 Å². The van der Waals surface area contributed by atoms with Crippen molar-refractivity contribution in [3.05, 3.63) is 0 Å². The summed E-state index contributed by atoms with van der Waals surface area (Å²) < 4.78 is 10.5. The van der Waals surface area contributed by atoms with Gasteiger partial charge in [-0.15, -0.1) is 0 Å². The Morgan fingerprint density at radius 3 is 2.50 bits per heavy atom. The van der Waals surface area contributed by atoms with Gasteiger partial charge in [0.05, 0.1) is 0 Å². The predicted octanol–water partition coefficient (Wildman–Crippen LogP) is 1.94. The van der Waals surface area contributed by atoms with Crippen LogP contribution in [-0.2, 0) is 9.47 Å². The molecule has 0 unspecified atom stereocenters. The van der Waals surface area contributed by atoms with Gasteiger partial charge in [-0.05, 0) is 18.8 Å². The third-order valence-electron chi connectivity index (χ3n) is 2.25. The molecular weight excluding hydrogens is 152 g/mol. The minimum Gasteiger partial charge on any atom is -0.343 e. The first-order valence-corrected chi connectivity index (χ1v) is 4.43. The van der Waals surface area contributed by atoms with Crippen molar-refractivity contribution >= 4 is 0 Å². The second-order valence-corrected chi connectivity index (χ2v) is 3.02. The van der Waals surface area contributed by atoms with Crippen molar-refractivity contribution in [3.63, 3.8) is 0 Å². The molecule has 0 heterocycles. The van der Waals surface area contributed by atoms with Gasteiger partial charge in [-0.1, -0.05) is 12.3 Å². The van der Waals surface area contributed by atoms with Crippen molar-refractivity contribution in [2.75, 3.05) is 14.2 Å². The highest BCUT2D eigenvalue weighted by Crippen LogP contribution is 2.21. The molecule has 2 heteroatoms. The maximum absolute atomic E-state index is 5.27.